The molecule has 8 nitrogen and oxygen atoms in total. The highest BCUT2D eigenvalue weighted by molar-refractivity contribution is 9.10. The Balaban J connectivity index is 1.77. The van der Waals surface area contributed by atoms with Crippen LogP contribution in [0.5, 0.6) is 0 Å². The summed E-state index contributed by atoms with van der Waals surface area (Å²) in [6.45, 7) is 6.81. The molecule has 4 aromatic rings. The van der Waals surface area contributed by atoms with Crippen molar-refractivity contribution in [3.63, 3.8) is 0 Å². The number of rotatable bonds is 4. The third kappa shape index (κ3) is 3.68. The maximum Gasteiger partial charge on any atom is 0.301 e. The Hall–Kier alpha value is -3.63. The van der Waals surface area contributed by atoms with Gasteiger partial charge in [-0.15, -0.1) is 0 Å². The lowest BCUT2D eigenvalue weighted by molar-refractivity contribution is -0.132. The summed E-state index contributed by atoms with van der Waals surface area (Å²) < 4.78 is 2.65. The number of aliphatic hydroxyl groups excluding tert-OH is 1. The lowest BCUT2D eigenvalue weighted by Crippen LogP contribution is -2.29. The lowest BCUT2D eigenvalue weighted by atomic mass is 9.96. The first-order valence-corrected chi connectivity index (χ1v) is 12.7. The number of hydrogen-bond acceptors (Lipinski definition) is 7. The van der Waals surface area contributed by atoms with Crippen LogP contribution in [-0.2, 0) is 9.59 Å². The van der Waals surface area contributed by atoms with Crippen LogP contribution in [-0.4, -0.2) is 36.9 Å². The van der Waals surface area contributed by atoms with Gasteiger partial charge in [0.05, 0.1) is 27.9 Å². The normalized spacial score (nSPS) is 17.4. The van der Waals surface area contributed by atoms with Crippen LogP contribution in [0.15, 0.2) is 52.6 Å². The van der Waals surface area contributed by atoms with Crippen LogP contribution in [0.2, 0.25) is 0 Å². The number of Topliss-reactive ketones (excluding diaryl/α,β-unsaturated/α-hetero) is 2. The van der Waals surface area contributed by atoms with Crippen LogP contribution < -0.4 is 4.90 Å². The molecular weight excluding hydrogens is 544 g/mol. The van der Waals surface area contributed by atoms with E-state index in [0.717, 1.165) is 21.4 Å². The standard InChI is InChI=1S/C26H21BrN4O4S/c1-12-6-5-11-30-14(3)19(29-24(12)30)21(33)18-20(16-7-9-17(27)10-8-16)31(25(35)22(18)34)26-28-13(2)23(36-26)15(4)32/h5-11,20,33H,1-4H3/b21-18+. The number of thiazole rings is 1. The molecule has 1 atom stereocenters. The molecule has 10 heteroatoms. The zero-order valence-electron chi connectivity index (χ0n) is 19.9. The number of aromatic nitrogens is 3. The SMILES string of the molecule is CC(=O)c1sc(N2C(=O)C(=O)/C(=C(/O)c3nc4c(C)cccn4c3C)C2c2ccc(Br)cc2)nc1C. The number of anilines is 1. The monoisotopic (exact) mass is 564 g/mol. The highest BCUT2D eigenvalue weighted by atomic mass is 79.9. The Morgan fingerprint density at radius 2 is 1.78 bits per heavy atom. The van der Waals surface area contributed by atoms with Crippen LogP contribution in [0.25, 0.3) is 11.4 Å². The van der Waals surface area contributed by atoms with Crippen LogP contribution >= 0.6 is 27.3 Å². The van der Waals surface area contributed by atoms with E-state index in [-0.39, 0.29) is 27.9 Å². The van der Waals surface area contributed by atoms with Crippen molar-refractivity contribution >= 4 is 61.3 Å². The van der Waals surface area contributed by atoms with E-state index >= 15 is 0 Å². The summed E-state index contributed by atoms with van der Waals surface area (Å²) in [5, 5.41) is 11.7. The van der Waals surface area contributed by atoms with Gasteiger partial charge in [-0.2, -0.15) is 0 Å². The fourth-order valence-corrected chi connectivity index (χ4v) is 5.73. The summed E-state index contributed by atoms with van der Waals surface area (Å²) in [5.74, 6) is -2.20. The second-order valence-corrected chi connectivity index (χ2v) is 10.5. The highest BCUT2D eigenvalue weighted by Gasteiger charge is 2.48. The molecule has 1 saturated heterocycles. The number of aryl methyl sites for hydroxylation is 3. The smallest absolute Gasteiger partial charge is 0.301 e. The van der Waals surface area contributed by atoms with Crippen molar-refractivity contribution in [1.29, 1.82) is 0 Å². The van der Waals surface area contributed by atoms with Gasteiger partial charge < -0.3 is 9.51 Å². The number of aliphatic hydroxyl groups is 1. The number of carbonyl (C=O) groups excluding carboxylic acids is 3. The number of halogens is 1. The van der Waals surface area contributed by atoms with Gasteiger partial charge in [0.1, 0.15) is 11.3 Å². The number of nitrogens with zero attached hydrogens (tertiary/aromatic N) is 4. The predicted octanol–water partition coefficient (Wildman–Crippen LogP) is 5.31. The van der Waals surface area contributed by atoms with Crippen molar-refractivity contribution in [2.75, 3.05) is 4.90 Å². The minimum Gasteiger partial charge on any atom is -0.505 e. The molecule has 1 amide bonds. The summed E-state index contributed by atoms with van der Waals surface area (Å²) in [6.07, 6.45) is 1.83. The van der Waals surface area contributed by atoms with E-state index in [1.807, 2.05) is 29.7 Å². The van der Waals surface area contributed by atoms with E-state index in [9.17, 15) is 19.5 Å². The van der Waals surface area contributed by atoms with Crippen molar-refractivity contribution in [1.82, 2.24) is 14.4 Å². The Bertz CT molecular complexity index is 1620. The zero-order chi connectivity index (χ0) is 25.9. The largest absolute Gasteiger partial charge is 0.505 e. The second-order valence-electron chi connectivity index (χ2n) is 8.62. The Morgan fingerprint density at radius 3 is 2.39 bits per heavy atom. The fraction of sp³-hybridized carbons (Fsp3) is 0.192. The van der Waals surface area contributed by atoms with Crippen molar-refractivity contribution in [3.8, 4) is 0 Å². The maximum atomic E-state index is 13.4. The Labute approximate surface area is 219 Å². The Morgan fingerprint density at radius 1 is 1.08 bits per heavy atom. The van der Waals surface area contributed by atoms with Crippen molar-refractivity contribution in [3.05, 3.63) is 85.7 Å². The molecule has 3 aromatic heterocycles. The van der Waals surface area contributed by atoms with Gasteiger partial charge in [0, 0.05) is 17.6 Å². The van der Waals surface area contributed by atoms with Crippen molar-refractivity contribution in [2.45, 2.75) is 33.7 Å². The molecule has 0 bridgehead atoms. The zero-order valence-corrected chi connectivity index (χ0v) is 22.3. The molecule has 1 aliphatic heterocycles. The van der Waals surface area contributed by atoms with Crippen molar-refractivity contribution in [2.24, 2.45) is 0 Å². The highest BCUT2D eigenvalue weighted by Crippen LogP contribution is 2.44. The molecule has 1 fully saturated rings. The van der Waals surface area contributed by atoms with Gasteiger partial charge in [0.2, 0.25) is 0 Å². The van der Waals surface area contributed by atoms with E-state index < -0.39 is 17.7 Å². The number of ketones is 2. The molecular formula is C26H21BrN4O4S. The molecule has 1 aliphatic rings. The third-order valence-corrected chi connectivity index (χ3v) is 8.04. The average molecular weight is 565 g/mol. The van der Waals surface area contributed by atoms with E-state index in [4.69, 9.17) is 0 Å². The minimum absolute atomic E-state index is 0.0799. The molecule has 36 heavy (non-hydrogen) atoms. The number of carbonyl (C=O) groups is 3. The summed E-state index contributed by atoms with van der Waals surface area (Å²) >= 11 is 4.46. The van der Waals surface area contributed by atoms with Gasteiger partial charge in [0.15, 0.2) is 16.7 Å². The summed E-state index contributed by atoms with van der Waals surface area (Å²) in [5.41, 5.74) is 3.41. The van der Waals surface area contributed by atoms with E-state index in [1.54, 1.807) is 38.1 Å². The molecule has 0 saturated carbocycles. The van der Waals surface area contributed by atoms with Gasteiger partial charge in [-0.05, 0) is 50.1 Å². The van der Waals surface area contributed by atoms with Crippen molar-refractivity contribution < 1.29 is 19.5 Å². The summed E-state index contributed by atoms with van der Waals surface area (Å²) in [4.78, 5) is 49.6. The summed E-state index contributed by atoms with van der Waals surface area (Å²) in [7, 11) is 0. The molecule has 182 valence electrons. The summed E-state index contributed by atoms with van der Waals surface area (Å²) in [6, 6.07) is 9.96. The van der Waals surface area contributed by atoms with E-state index in [2.05, 4.69) is 25.9 Å². The molecule has 1 N–H and O–H groups in total. The topological polar surface area (TPSA) is 105 Å². The third-order valence-electron chi connectivity index (χ3n) is 6.25. The predicted molar refractivity (Wildman–Crippen MR) is 140 cm³/mol. The molecule has 1 aromatic carbocycles. The number of pyridine rings is 1. The molecule has 0 aliphatic carbocycles. The first kappa shape index (κ1) is 24.1. The van der Waals surface area contributed by atoms with Crippen LogP contribution in [0.1, 0.15) is 50.8 Å². The first-order chi connectivity index (χ1) is 17.1. The molecule has 4 heterocycles. The first-order valence-electron chi connectivity index (χ1n) is 11.1. The number of amides is 1. The number of hydrogen-bond donors (Lipinski definition) is 1. The van der Waals surface area contributed by atoms with E-state index in [1.165, 1.54) is 11.8 Å². The minimum atomic E-state index is -0.950. The molecule has 0 radical (unpaired) electrons. The van der Waals surface area contributed by atoms with Gasteiger partial charge >= 0.3 is 5.91 Å². The fourth-order valence-electron chi connectivity index (χ4n) is 4.48. The second kappa shape index (κ2) is 8.79. The lowest BCUT2D eigenvalue weighted by Gasteiger charge is -2.22. The Kier molecular flexibility index (Phi) is 5.88. The van der Waals surface area contributed by atoms with Crippen LogP contribution in [0.4, 0.5) is 5.13 Å². The van der Waals surface area contributed by atoms with E-state index in [0.29, 0.717) is 27.5 Å². The van der Waals surface area contributed by atoms with Gasteiger partial charge in [-0.1, -0.05) is 45.5 Å². The average Bonchev–Trinajstić information content (AvgIpc) is 3.47. The van der Waals surface area contributed by atoms with Gasteiger partial charge in [0.25, 0.3) is 5.78 Å². The maximum absolute atomic E-state index is 13.4. The quantitative estimate of drug-likeness (QED) is 0.156. The van der Waals surface area contributed by atoms with Crippen LogP contribution in [0.3, 0.4) is 0 Å². The van der Waals surface area contributed by atoms with Gasteiger partial charge in [-0.25, -0.2) is 9.97 Å². The molecule has 1 unspecified atom stereocenters. The van der Waals surface area contributed by atoms with Gasteiger partial charge in [-0.3, -0.25) is 19.3 Å². The number of benzene rings is 1. The number of imidazole rings is 1. The molecule has 0 spiro atoms. The van der Waals surface area contributed by atoms with Crippen LogP contribution in [0, 0.1) is 20.8 Å². The number of fused-ring (bicyclic) bond motifs is 1. The molecule has 5 rings (SSSR count).